The third-order valence-electron chi connectivity index (χ3n) is 4.67. The molecule has 5 nitrogen and oxygen atoms in total. The number of benzene rings is 1. The summed E-state index contributed by atoms with van der Waals surface area (Å²) in [5.41, 5.74) is 3.94. The molecule has 0 saturated heterocycles. The minimum absolute atomic E-state index is 0.450. The fraction of sp³-hybridized carbons (Fsp3) is 0.316. The van der Waals surface area contributed by atoms with Crippen LogP contribution in [0, 0.1) is 6.92 Å². The van der Waals surface area contributed by atoms with Crippen LogP contribution in [0.5, 0.6) is 0 Å². The van der Waals surface area contributed by atoms with E-state index in [9.17, 15) is 13.2 Å². The van der Waals surface area contributed by atoms with Gasteiger partial charge in [0.2, 0.25) is 5.82 Å². The number of hydrogen-bond donors (Lipinski definition) is 0. The van der Waals surface area contributed by atoms with Crippen LogP contribution in [-0.4, -0.2) is 26.6 Å². The second kappa shape index (κ2) is 6.77. The van der Waals surface area contributed by atoms with E-state index in [0.29, 0.717) is 31.7 Å². The lowest BCUT2D eigenvalue weighted by molar-refractivity contribution is -0.145. The van der Waals surface area contributed by atoms with Crippen LogP contribution in [0.1, 0.15) is 28.3 Å². The quantitative estimate of drug-likeness (QED) is 0.693. The molecule has 0 saturated carbocycles. The number of alkyl halides is 3. The Balaban J connectivity index is 1.56. The molecule has 0 bridgehead atoms. The van der Waals surface area contributed by atoms with Gasteiger partial charge in [-0.05, 0) is 6.92 Å². The molecule has 1 aliphatic heterocycles. The van der Waals surface area contributed by atoms with Gasteiger partial charge in [0.15, 0.2) is 5.76 Å². The Morgan fingerprint density at radius 1 is 1.19 bits per heavy atom. The summed E-state index contributed by atoms with van der Waals surface area (Å²) < 4.78 is 43.9. The molecule has 0 unspecified atom stereocenters. The molecule has 1 aliphatic rings. The predicted molar refractivity (Wildman–Crippen MR) is 91.5 cm³/mol. The third kappa shape index (κ3) is 3.57. The van der Waals surface area contributed by atoms with Crippen LogP contribution in [-0.2, 0) is 25.7 Å². The molecule has 8 heteroatoms. The highest BCUT2D eigenvalue weighted by molar-refractivity contribution is 5.61. The van der Waals surface area contributed by atoms with Gasteiger partial charge >= 0.3 is 6.18 Å². The van der Waals surface area contributed by atoms with Crippen LogP contribution in [0.3, 0.4) is 0 Å². The lowest BCUT2D eigenvalue weighted by Crippen LogP contribution is -2.31. The van der Waals surface area contributed by atoms with Crippen molar-refractivity contribution in [2.24, 2.45) is 0 Å². The molecule has 3 heterocycles. The summed E-state index contributed by atoms with van der Waals surface area (Å²) in [6, 6.07) is 9.72. The molecule has 4 rings (SSSR count). The molecule has 0 aliphatic carbocycles. The Bertz CT molecular complexity index is 953. The van der Waals surface area contributed by atoms with Crippen molar-refractivity contribution in [3.8, 4) is 11.3 Å². The highest BCUT2D eigenvalue weighted by Crippen LogP contribution is 2.30. The Kier molecular flexibility index (Phi) is 4.43. The zero-order valence-corrected chi connectivity index (χ0v) is 14.6. The topological polar surface area (TPSA) is 55.1 Å². The van der Waals surface area contributed by atoms with Gasteiger partial charge in [-0.1, -0.05) is 35.5 Å². The summed E-state index contributed by atoms with van der Waals surface area (Å²) in [5, 5.41) is 4.09. The molecule has 0 radical (unpaired) electrons. The first-order valence-corrected chi connectivity index (χ1v) is 8.56. The maximum Gasteiger partial charge on any atom is 0.451 e. The maximum atomic E-state index is 12.8. The lowest BCUT2D eigenvalue weighted by Gasteiger charge is -2.28. The fourth-order valence-corrected chi connectivity index (χ4v) is 3.26. The second-order valence-electron chi connectivity index (χ2n) is 6.57. The van der Waals surface area contributed by atoms with E-state index in [2.05, 4.69) is 20.0 Å². The maximum absolute atomic E-state index is 12.8. The first-order chi connectivity index (χ1) is 12.9. The summed E-state index contributed by atoms with van der Waals surface area (Å²) in [5.74, 6) is -0.349. The zero-order valence-electron chi connectivity index (χ0n) is 14.6. The number of rotatable bonds is 3. The standard InChI is InChI=1S/C19H17F3N4O/c1-12-15(17(27-25-12)13-5-3-2-4-6-13)11-26-8-7-16-14(10-26)9-23-18(24-16)19(20,21)22/h2-6,9H,7-8,10-11H2,1H3. The van der Waals surface area contributed by atoms with Crippen LogP contribution in [0.15, 0.2) is 41.1 Å². The van der Waals surface area contributed by atoms with Gasteiger partial charge in [0.25, 0.3) is 0 Å². The average molecular weight is 374 g/mol. The van der Waals surface area contributed by atoms with Gasteiger partial charge in [0.05, 0.1) is 11.4 Å². The van der Waals surface area contributed by atoms with Crippen molar-refractivity contribution in [1.82, 2.24) is 20.0 Å². The average Bonchev–Trinajstić information content (AvgIpc) is 3.02. The monoisotopic (exact) mass is 374 g/mol. The first kappa shape index (κ1) is 17.7. The second-order valence-corrected chi connectivity index (χ2v) is 6.57. The Morgan fingerprint density at radius 2 is 1.96 bits per heavy atom. The largest absolute Gasteiger partial charge is 0.451 e. The predicted octanol–water partition coefficient (Wildman–Crippen LogP) is 4.02. The molecule has 140 valence electrons. The van der Waals surface area contributed by atoms with E-state index in [1.54, 1.807) is 0 Å². The highest BCUT2D eigenvalue weighted by atomic mass is 19.4. The van der Waals surface area contributed by atoms with Gasteiger partial charge < -0.3 is 4.52 Å². The summed E-state index contributed by atoms with van der Waals surface area (Å²) in [6.45, 7) is 3.59. The lowest BCUT2D eigenvalue weighted by atomic mass is 10.0. The van der Waals surface area contributed by atoms with Crippen molar-refractivity contribution in [2.75, 3.05) is 6.54 Å². The van der Waals surface area contributed by atoms with Crippen molar-refractivity contribution in [3.63, 3.8) is 0 Å². The summed E-state index contributed by atoms with van der Waals surface area (Å²) in [4.78, 5) is 9.33. The van der Waals surface area contributed by atoms with E-state index < -0.39 is 12.0 Å². The molecule has 1 aromatic carbocycles. The van der Waals surface area contributed by atoms with E-state index in [1.807, 2.05) is 37.3 Å². The minimum atomic E-state index is -4.52. The Labute approximate surface area is 153 Å². The molecule has 0 spiro atoms. The molecule has 27 heavy (non-hydrogen) atoms. The summed E-state index contributed by atoms with van der Waals surface area (Å²) in [7, 11) is 0. The van der Waals surface area contributed by atoms with Crippen LogP contribution in [0.25, 0.3) is 11.3 Å². The number of hydrogen-bond acceptors (Lipinski definition) is 5. The molecular formula is C19H17F3N4O. The van der Waals surface area contributed by atoms with Crippen LogP contribution < -0.4 is 0 Å². The summed E-state index contributed by atoms with van der Waals surface area (Å²) in [6.07, 6.45) is -2.78. The van der Waals surface area contributed by atoms with E-state index >= 15 is 0 Å². The molecule has 0 amide bonds. The molecular weight excluding hydrogens is 357 g/mol. The molecule has 0 fully saturated rings. The van der Waals surface area contributed by atoms with E-state index in [4.69, 9.17) is 4.52 Å². The van der Waals surface area contributed by atoms with E-state index in [-0.39, 0.29) is 0 Å². The van der Waals surface area contributed by atoms with Gasteiger partial charge in [-0.15, -0.1) is 0 Å². The van der Waals surface area contributed by atoms with Gasteiger partial charge in [0.1, 0.15) is 0 Å². The number of fused-ring (bicyclic) bond motifs is 1. The number of aryl methyl sites for hydroxylation is 1. The Morgan fingerprint density at radius 3 is 2.70 bits per heavy atom. The van der Waals surface area contributed by atoms with Gasteiger partial charge in [0, 0.05) is 48.9 Å². The molecule has 0 N–H and O–H groups in total. The fourth-order valence-electron chi connectivity index (χ4n) is 3.26. The van der Waals surface area contributed by atoms with E-state index in [0.717, 1.165) is 28.1 Å². The van der Waals surface area contributed by atoms with Crippen molar-refractivity contribution in [3.05, 3.63) is 64.9 Å². The van der Waals surface area contributed by atoms with Crippen molar-refractivity contribution in [2.45, 2.75) is 32.6 Å². The van der Waals surface area contributed by atoms with Gasteiger partial charge in [-0.2, -0.15) is 13.2 Å². The van der Waals surface area contributed by atoms with Gasteiger partial charge in [-0.25, -0.2) is 9.97 Å². The van der Waals surface area contributed by atoms with Crippen LogP contribution in [0.4, 0.5) is 13.2 Å². The number of nitrogens with zero attached hydrogens (tertiary/aromatic N) is 4. The number of halogens is 3. The normalized spacial score (nSPS) is 15.0. The smallest absolute Gasteiger partial charge is 0.356 e. The van der Waals surface area contributed by atoms with Crippen LogP contribution in [0.2, 0.25) is 0 Å². The van der Waals surface area contributed by atoms with Gasteiger partial charge in [-0.3, -0.25) is 4.90 Å². The van der Waals surface area contributed by atoms with Crippen molar-refractivity contribution >= 4 is 0 Å². The van der Waals surface area contributed by atoms with Crippen molar-refractivity contribution in [1.29, 1.82) is 0 Å². The molecule has 0 atom stereocenters. The SMILES string of the molecule is Cc1noc(-c2ccccc2)c1CN1CCc2nc(C(F)(F)F)ncc2C1. The Hall–Kier alpha value is -2.74. The highest BCUT2D eigenvalue weighted by Gasteiger charge is 2.35. The molecule has 3 aromatic rings. The number of aromatic nitrogens is 3. The third-order valence-corrected chi connectivity index (χ3v) is 4.67. The first-order valence-electron chi connectivity index (χ1n) is 8.56. The zero-order chi connectivity index (χ0) is 19.0. The van der Waals surface area contributed by atoms with Crippen molar-refractivity contribution < 1.29 is 17.7 Å². The summed E-state index contributed by atoms with van der Waals surface area (Å²) >= 11 is 0. The molecule has 2 aromatic heterocycles. The minimum Gasteiger partial charge on any atom is -0.356 e. The van der Waals surface area contributed by atoms with Crippen LogP contribution >= 0.6 is 0 Å². The van der Waals surface area contributed by atoms with E-state index in [1.165, 1.54) is 6.20 Å².